The van der Waals surface area contributed by atoms with E-state index in [1.165, 1.54) is 0 Å². The number of aliphatic hydroxyl groups is 1. The molecular weight excluding hydrogens is 638 g/mol. The largest absolute Gasteiger partial charge is 0.396 e. The molecule has 1 rings (SSSR count). The van der Waals surface area contributed by atoms with Crippen molar-refractivity contribution in [2.75, 3.05) is 19.7 Å². The van der Waals surface area contributed by atoms with Gasteiger partial charge in [0.2, 0.25) is 11.8 Å². The van der Waals surface area contributed by atoms with E-state index in [9.17, 15) is 29.1 Å². The Morgan fingerprint density at radius 3 is 2.00 bits per heavy atom. The second-order valence-corrected chi connectivity index (χ2v) is 13.7. The van der Waals surface area contributed by atoms with Gasteiger partial charge in [-0.05, 0) is 56.6 Å². The van der Waals surface area contributed by atoms with Gasteiger partial charge in [0.25, 0.3) is 0 Å². The molecule has 0 unspecified atom stereocenters. The third kappa shape index (κ3) is 17.3. The molecule has 10 N–H and O–H groups in total. The van der Waals surface area contributed by atoms with Crippen molar-refractivity contribution in [2.24, 2.45) is 39.9 Å². The predicted molar refractivity (Wildman–Crippen MR) is 197 cm³/mol. The van der Waals surface area contributed by atoms with Crippen molar-refractivity contribution in [1.29, 1.82) is 0 Å². The molecular formula is C37H63N7O6. The first-order valence-corrected chi connectivity index (χ1v) is 18.1. The summed E-state index contributed by atoms with van der Waals surface area (Å²) in [6.07, 6.45) is 3.65. The van der Waals surface area contributed by atoms with Gasteiger partial charge in [-0.1, -0.05) is 71.4 Å². The summed E-state index contributed by atoms with van der Waals surface area (Å²) in [7, 11) is 0. The third-order valence-electron chi connectivity index (χ3n) is 8.53. The molecule has 13 heteroatoms. The molecule has 1 aromatic rings. The fourth-order valence-electron chi connectivity index (χ4n) is 5.79. The minimum atomic E-state index is -1.12. The van der Waals surface area contributed by atoms with Crippen molar-refractivity contribution in [2.45, 2.75) is 123 Å². The molecule has 0 bridgehead atoms. The van der Waals surface area contributed by atoms with E-state index in [1.807, 2.05) is 51.1 Å². The Labute approximate surface area is 298 Å². The molecule has 0 saturated heterocycles. The van der Waals surface area contributed by atoms with Crippen LogP contribution in [0.25, 0.3) is 0 Å². The molecule has 0 fully saturated rings. The monoisotopic (exact) mass is 701 g/mol. The standard InChI is InChI=1S/C37H63N7O6/c1-6-13-31(46)30(20-26-14-8-7-9-15-26)43-36(50)28(23-45)22-33(48)34(24(2)3)44-35(49)27(16-12-19-41-37(39)40)21-32(47)29(42-25(4)5)17-10-11-18-38/h7-9,14-15,24-25,27-30,34,42,45H,6,10-13,16-23,38H2,1-5H3,(H,43,50)(H,44,49)(H4,39,40,41)/t27-,28+,29+,30+,34+/m1/s1. The van der Waals surface area contributed by atoms with Crippen LogP contribution in [0.15, 0.2) is 35.3 Å². The second-order valence-electron chi connectivity index (χ2n) is 13.7. The first-order chi connectivity index (χ1) is 23.7. The molecule has 50 heavy (non-hydrogen) atoms. The number of nitrogens with one attached hydrogen (secondary N) is 3. The molecule has 0 spiro atoms. The van der Waals surface area contributed by atoms with E-state index in [2.05, 4.69) is 20.9 Å². The number of amides is 2. The lowest BCUT2D eigenvalue weighted by Crippen LogP contribution is -2.50. The molecule has 0 radical (unpaired) electrons. The van der Waals surface area contributed by atoms with Crippen LogP contribution in [-0.4, -0.2) is 84.1 Å². The first-order valence-electron chi connectivity index (χ1n) is 18.1. The summed E-state index contributed by atoms with van der Waals surface area (Å²) in [4.78, 5) is 71.2. The number of rotatable bonds is 27. The summed E-state index contributed by atoms with van der Waals surface area (Å²) < 4.78 is 0. The minimum absolute atomic E-state index is 0.0457. The Morgan fingerprint density at radius 1 is 0.800 bits per heavy atom. The number of guanidine groups is 1. The third-order valence-corrected chi connectivity index (χ3v) is 8.53. The molecule has 5 atom stereocenters. The van der Waals surface area contributed by atoms with Gasteiger partial charge in [-0.15, -0.1) is 0 Å². The molecule has 13 nitrogen and oxygen atoms in total. The number of carbonyl (C=O) groups excluding carboxylic acids is 5. The summed E-state index contributed by atoms with van der Waals surface area (Å²) in [5.41, 5.74) is 17.5. The first kappa shape index (κ1) is 44.3. The van der Waals surface area contributed by atoms with Gasteiger partial charge in [0.05, 0.1) is 30.7 Å². The van der Waals surface area contributed by atoms with E-state index in [0.717, 1.165) is 18.4 Å². The predicted octanol–water partition coefficient (Wildman–Crippen LogP) is 1.92. The van der Waals surface area contributed by atoms with Crippen molar-refractivity contribution < 1.29 is 29.1 Å². The molecule has 0 aromatic heterocycles. The highest BCUT2D eigenvalue weighted by Gasteiger charge is 2.33. The highest BCUT2D eigenvalue weighted by atomic mass is 16.3. The summed E-state index contributed by atoms with van der Waals surface area (Å²) in [6.45, 7) is 9.51. The Morgan fingerprint density at radius 2 is 1.44 bits per heavy atom. The van der Waals surface area contributed by atoms with Gasteiger partial charge in [0.15, 0.2) is 23.3 Å². The van der Waals surface area contributed by atoms with E-state index in [1.54, 1.807) is 13.8 Å². The maximum Gasteiger partial charge on any atom is 0.226 e. The van der Waals surface area contributed by atoms with Gasteiger partial charge >= 0.3 is 0 Å². The number of carbonyl (C=O) groups is 5. The lowest BCUT2D eigenvalue weighted by atomic mass is 9.89. The van der Waals surface area contributed by atoms with Crippen LogP contribution in [-0.2, 0) is 30.4 Å². The molecule has 0 aliphatic rings. The van der Waals surface area contributed by atoms with Crippen molar-refractivity contribution in [3.63, 3.8) is 0 Å². The van der Waals surface area contributed by atoms with Gasteiger partial charge < -0.3 is 38.3 Å². The van der Waals surface area contributed by atoms with E-state index in [-0.39, 0.29) is 61.7 Å². The van der Waals surface area contributed by atoms with Gasteiger partial charge in [-0.25, -0.2) is 0 Å². The number of ketones is 3. The number of nitrogens with two attached hydrogens (primary N) is 3. The Kier molecular flexibility index (Phi) is 21.7. The molecule has 2 amide bonds. The molecule has 0 aliphatic carbocycles. The lowest BCUT2D eigenvalue weighted by molar-refractivity contribution is -0.136. The number of hydrogen-bond acceptors (Lipinski definition) is 9. The van der Waals surface area contributed by atoms with Gasteiger partial charge in [-0.3, -0.25) is 29.0 Å². The highest BCUT2D eigenvalue weighted by molar-refractivity contribution is 5.96. The maximum atomic E-state index is 13.8. The van der Waals surface area contributed by atoms with E-state index >= 15 is 0 Å². The van der Waals surface area contributed by atoms with Crippen LogP contribution in [0.5, 0.6) is 0 Å². The zero-order valence-corrected chi connectivity index (χ0v) is 30.8. The SMILES string of the molecule is CCCC(=O)[C@H](Cc1ccccc1)NC(=O)[C@H](CO)CC(=O)[C@@H](NC(=O)[C@H](CCCN=C(N)N)CC(=O)[C@H](CCCCN)NC(C)C)C(C)C. The number of benzene rings is 1. The average molecular weight is 702 g/mol. The topological polar surface area (TPSA) is 232 Å². The highest BCUT2D eigenvalue weighted by Crippen LogP contribution is 2.19. The molecule has 0 heterocycles. The van der Waals surface area contributed by atoms with Crippen molar-refractivity contribution in [1.82, 2.24) is 16.0 Å². The maximum absolute atomic E-state index is 13.8. The van der Waals surface area contributed by atoms with Crippen LogP contribution in [0.1, 0.15) is 98.0 Å². The number of nitrogens with zero attached hydrogens (tertiary/aromatic N) is 1. The van der Waals surface area contributed by atoms with E-state index in [4.69, 9.17) is 17.2 Å². The van der Waals surface area contributed by atoms with Crippen molar-refractivity contribution in [3.05, 3.63) is 35.9 Å². The summed E-state index contributed by atoms with van der Waals surface area (Å²) in [5.74, 6) is -4.05. The number of aliphatic hydroxyl groups excluding tert-OH is 1. The fraction of sp³-hybridized carbons (Fsp3) is 0.676. The van der Waals surface area contributed by atoms with Crippen LogP contribution in [0.2, 0.25) is 0 Å². The minimum Gasteiger partial charge on any atom is -0.396 e. The van der Waals surface area contributed by atoms with Crippen LogP contribution >= 0.6 is 0 Å². The van der Waals surface area contributed by atoms with Crippen LogP contribution < -0.4 is 33.2 Å². The van der Waals surface area contributed by atoms with Crippen molar-refractivity contribution >= 4 is 35.1 Å². The number of unbranched alkanes of at least 4 members (excludes halogenated alkanes) is 1. The second kappa shape index (κ2) is 24.5. The molecule has 1 aromatic carbocycles. The molecule has 282 valence electrons. The number of aliphatic imine (C=N–C) groups is 1. The Balaban J connectivity index is 3.13. The molecule has 0 aliphatic heterocycles. The smallest absolute Gasteiger partial charge is 0.226 e. The van der Waals surface area contributed by atoms with Crippen LogP contribution in [0, 0.1) is 17.8 Å². The van der Waals surface area contributed by atoms with Gasteiger partial charge in [-0.2, -0.15) is 0 Å². The fourth-order valence-corrected chi connectivity index (χ4v) is 5.79. The van der Waals surface area contributed by atoms with Crippen molar-refractivity contribution in [3.8, 4) is 0 Å². The Hall–Kier alpha value is -3.68. The normalized spacial score (nSPS) is 14.3. The number of hydrogen-bond donors (Lipinski definition) is 7. The number of Topliss-reactive ketones (excluding diaryl/α,β-unsaturated/α-hetero) is 3. The summed E-state index contributed by atoms with van der Waals surface area (Å²) in [5, 5.41) is 19.1. The summed E-state index contributed by atoms with van der Waals surface area (Å²) >= 11 is 0. The van der Waals surface area contributed by atoms with Gasteiger partial charge in [0.1, 0.15) is 0 Å². The lowest BCUT2D eigenvalue weighted by Gasteiger charge is -2.27. The van der Waals surface area contributed by atoms with E-state index < -0.39 is 54.2 Å². The average Bonchev–Trinajstić information content (AvgIpc) is 3.06. The summed E-state index contributed by atoms with van der Waals surface area (Å²) in [6, 6.07) is 7.11. The Bertz CT molecular complexity index is 1220. The van der Waals surface area contributed by atoms with Gasteiger partial charge in [0, 0.05) is 37.8 Å². The zero-order chi connectivity index (χ0) is 37.6. The van der Waals surface area contributed by atoms with E-state index in [0.29, 0.717) is 32.2 Å². The molecule has 0 saturated carbocycles. The zero-order valence-electron chi connectivity index (χ0n) is 30.8. The quantitative estimate of drug-likeness (QED) is 0.0400. The van der Waals surface area contributed by atoms with Crippen LogP contribution in [0.4, 0.5) is 0 Å². The van der Waals surface area contributed by atoms with Crippen LogP contribution in [0.3, 0.4) is 0 Å².